The number of fused-ring (bicyclic) bond motifs is 2. The van der Waals surface area contributed by atoms with E-state index in [1.807, 2.05) is 76.2 Å². The molecule has 3 rings (SSSR count). The maximum absolute atomic E-state index is 11.9. The third-order valence-electron chi connectivity index (χ3n) is 4.67. The molecule has 0 saturated carbocycles. The van der Waals surface area contributed by atoms with Gasteiger partial charge in [0.1, 0.15) is 11.5 Å². The number of carbonyl (C=O) groups is 2. The van der Waals surface area contributed by atoms with E-state index in [-0.39, 0.29) is 50.2 Å². The van der Waals surface area contributed by atoms with E-state index in [9.17, 15) is 9.59 Å². The SMILES string of the molecule is CC(C)OC(=O)CCOc1c2ccccc2c(OCCC(=O)OC(C)C)c2ccccc12. The molecule has 0 fully saturated rings. The van der Waals surface area contributed by atoms with E-state index in [0.29, 0.717) is 11.5 Å². The van der Waals surface area contributed by atoms with Gasteiger partial charge in [0.15, 0.2) is 0 Å². The minimum atomic E-state index is -0.290. The first-order valence-corrected chi connectivity index (χ1v) is 10.9. The van der Waals surface area contributed by atoms with Crippen molar-refractivity contribution in [2.45, 2.75) is 52.7 Å². The van der Waals surface area contributed by atoms with Crippen molar-refractivity contribution in [2.75, 3.05) is 13.2 Å². The normalized spacial score (nSPS) is 11.2. The molecule has 0 aliphatic rings. The van der Waals surface area contributed by atoms with Crippen molar-refractivity contribution in [3.05, 3.63) is 48.5 Å². The molecule has 0 saturated heterocycles. The van der Waals surface area contributed by atoms with Crippen LogP contribution in [0.2, 0.25) is 0 Å². The van der Waals surface area contributed by atoms with Crippen LogP contribution >= 0.6 is 0 Å². The molecule has 0 radical (unpaired) electrons. The van der Waals surface area contributed by atoms with Gasteiger partial charge in [-0.25, -0.2) is 0 Å². The summed E-state index contributed by atoms with van der Waals surface area (Å²) in [5, 5.41) is 3.51. The van der Waals surface area contributed by atoms with E-state index in [2.05, 4.69) is 0 Å². The second-order valence-corrected chi connectivity index (χ2v) is 8.02. The Bertz CT molecular complexity index is 943. The molecule has 0 spiro atoms. The molecule has 0 aromatic heterocycles. The summed E-state index contributed by atoms with van der Waals surface area (Å²) in [7, 11) is 0. The molecule has 3 aromatic carbocycles. The highest BCUT2D eigenvalue weighted by atomic mass is 16.5. The fourth-order valence-electron chi connectivity index (χ4n) is 3.48. The summed E-state index contributed by atoms with van der Waals surface area (Å²) < 4.78 is 22.6. The van der Waals surface area contributed by atoms with Gasteiger partial charge >= 0.3 is 11.9 Å². The maximum Gasteiger partial charge on any atom is 0.309 e. The van der Waals surface area contributed by atoms with Crippen LogP contribution in [-0.4, -0.2) is 37.4 Å². The second-order valence-electron chi connectivity index (χ2n) is 8.02. The van der Waals surface area contributed by atoms with E-state index >= 15 is 0 Å². The predicted molar refractivity (Wildman–Crippen MR) is 124 cm³/mol. The third kappa shape index (κ3) is 5.90. The Balaban J connectivity index is 1.89. The molecule has 0 N–H and O–H groups in total. The number of hydrogen-bond acceptors (Lipinski definition) is 6. The number of benzene rings is 3. The lowest BCUT2D eigenvalue weighted by Gasteiger charge is -2.18. The number of esters is 2. The Kier molecular flexibility index (Phi) is 7.92. The summed E-state index contributed by atoms with van der Waals surface area (Å²) in [6.07, 6.45) is 0.0190. The van der Waals surface area contributed by atoms with Crippen LogP contribution in [0.1, 0.15) is 40.5 Å². The lowest BCUT2D eigenvalue weighted by molar-refractivity contribution is -0.149. The minimum absolute atomic E-state index is 0.154. The van der Waals surface area contributed by atoms with Crippen LogP contribution in [0, 0.1) is 0 Å². The molecule has 0 aliphatic heterocycles. The van der Waals surface area contributed by atoms with Crippen molar-refractivity contribution in [2.24, 2.45) is 0 Å². The van der Waals surface area contributed by atoms with Gasteiger partial charge in [-0.1, -0.05) is 48.5 Å². The number of rotatable bonds is 10. The molecule has 0 atom stereocenters. The first-order chi connectivity index (χ1) is 15.4. The fraction of sp³-hybridized carbons (Fsp3) is 0.385. The zero-order valence-electron chi connectivity index (χ0n) is 19.1. The molecule has 0 bridgehead atoms. The van der Waals surface area contributed by atoms with Crippen molar-refractivity contribution in [3.8, 4) is 11.5 Å². The van der Waals surface area contributed by atoms with Gasteiger partial charge in [-0.15, -0.1) is 0 Å². The summed E-state index contributed by atoms with van der Waals surface area (Å²) in [6.45, 7) is 7.70. The number of carbonyl (C=O) groups excluding carboxylic acids is 2. The van der Waals surface area contributed by atoms with Crippen molar-refractivity contribution < 1.29 is 28.5 Å². The predicted octanol–water partition coefficient (Wildman–Crippen LogP) is 5.43. The summed E-state index contributed by atoms with van der Waals surface area (Å²) in [6, 6.07) is 15.6. The minimum Gasteiger partial charge on any atom is -0.492 e. The van der Waals surface area contributed by atoms with Gasteiger partial charge in [-0.05, 0) is 27.7 Å². The van der Waals surface area contributed by atoms with Gasteiger partial charge in [0.25, 0.3) is 0 Å². The van der Waals surface area contributed by atoms with E-state index in [4.69, 9.17) is 18.9 Å². The third-order valence-corrected chi connectivity index (χ3v) is 4.67. The summed E-state index contributed by atoms with van der Waals surface area (Å²) >= 11 is 0. The van der Waals surface area contributed by atoms with Gasteiger partial charge in [0.05, 0.1) is 38.3 Å². The molecule has 6 heteroatoms. The summed E-state index contributed by atoms with van der Waals surface area (Å²) in [4.78, 5) is 23.8. The van der Waals surface area contributed by atoms with Crippen LogP contribution < -0.4 is 9.47 Å². The maximum atomic E-state index is 11.9. The Hall–Kier alpha value is -3.28. The summed E-state index contributed by atoms with van der Waals surface area (Å²) in [5.41, 5.74) is 0. The highest BCUT2D eigenvalue weighted by Gasteiger charge is 2.17. The van der Waals surface area contributed by atoms with Crippen LogP contribution in [-0.2, 0) is 19.1 Å². The van der Waals surface area contributed by atoms with E-state index in [1.165, 1.54) is 0 Å². The number of hydrogen-bond donors (Lipinski definition) is 0. The lowest BCUT2D eigenvalue weighted by Crippen LogP contribution is -2.15. The van der Waals surface area contributed by atoms with E-state index in [1.54, 1.807) is 0 Å². The van der Waals surface area contributed by atoms with Gasteiger partial charge in [-0.3, -0.25) is 9.59 Å². The molecule has 0 aliphatic carbocycles. The van der Waals surface area contributed by atoms with E-state index < -0.39 is 0 Å². The molecule has 3 aromatic rings. The molecule has 0 heterocycles. The highest BCUT2D eigenvalue weighted by Crippen LogP contribution is 2.42. The molecule has 0 unspecified atom stereocenters. The Morgan fingerprint density at radius 2 is 0.938 bits per heavy atom. The average Bonchev–Trinajstić information content (AvgIpc) is 2.74. The molecular formula is C26H30O6. The van der Waals surface area contributed by atoms with Crippen LogP contribution in [0.3, 0.4) is 0 Å². The van der Waals surface area contributed by atoms with Gasteiger partial charge in [0.2, 0.25) is 0 Å². The summed E-state index contributed by atoms with van der Waals surface area (Å²) in [5.74, 6) is 0.809. The Morgan fingerprint density at radius 3 is 1.22 bits per heavy atom. The van der Waals surface area contributed by atoms with Crippen LogP contribution in [0.5, 0.6) is 11.5 Å². The number of ether oxygens (including phenoxy) is 4. The van der Waals surface area contributed by atoms with Crippen LogP contribution in [0.4, 0.5) is 0 Å². The lowest BCUT2D eigenvalue weighted by atomic mass is 10.0. The monoisotopic (exact) mass is 438 g/mol. The van der Waals surface area contributed by atoms with Crippen molar-refractivity contribution >= 4 is 33.5 Å². The largest absolute Gasteiger partial charge is 0.492 e. The first kappa shape index (κ1) is 23.4. The standard InChI is InChI=1S/C26H30O6/c1-17(2)31-23(27)13-15-29-25-19-9-5-7-11-21(19)26(22-12-8-6-10-20(22)25)30-16-14-24(28)32-18(3)4/h5-12,17-18H,13-16H2,1-4H3. The Morgan fingerprint density at radius 1 is 0.625 bits per heavy atom. The smallest absolute Gasteiger partial charge is 0.309 e. The Labute approximate surface area is 188 Å². The van der Waals surface area contributed by atoms with E-state index in [0.717, 1.165) is 21.5 Å². The quantitative estimate of drug-likeness (QED) is 0.310. The topological polar surface area (TPSA) is 71.1 Å². The average molecular weight is 439 g/mol. The van der Waals surface area contributed by atoms with Gasteiger partial charge < -0.3 is 18.9 Å². The van der Waals surface area contributed by atoms with Crippen molar-refractivity contribution in [3.63, 3.8) is 0 Å². The van der Waals surface area contributed by atoms with Crippen LogP contribution in [0.15, 0.2) is 48.5 Å². The zero-order chi connectivity index (χ0) is 23.1. The van der Waals surface area contributed by atoms with Crippen molar-refractivity contribution in [1.82, 2.24) is 0 Å². The highest BCUT2D eigenvalue weighted by molar-refractivity contribution is 6.11. The fourth-order valence-corrected chi connectivity index (χ4v) is 3.48. The molecule has 170 valence electrons. The first-order valence-electron chi connectivity index (χ1n) is 10.9. The van der Waals surface area contributed by atoms with Crippen molar-refractivity contribution in [1.29, 1.82) is 0 Å². The zero-order valence-corrected chi connectivity index (χ0v) is 19.1. The molecule has 32 heavy (non-hydrogen) atoms. The molecular weight excluding hydrogens is 408 g/mol. The van der Waals surface area contributed by atoms with Crippen LogP contribution in [0.25, 0.3) is 21.5 Å². The van der Waals surface area contributed by atoms with Gasteiger partial charge in [-0.2, -0.15) is 0 Å². The molecule has 0 amide bonds. The van der Waals surface area contributed by atoms with Gasteiger partial charge in [0, 0.05) is 21.5 Å². The second kappa shape index (κ2) is 10.8. The molecule has 6 nitrogen and oxygen atoms in total.